The fraction of sp³-hybridized carbons (Fsp3) is 0.0556. The zero-order valence-electron chi connectivity index (χ0n) is 12.9. The minimum atomic E-state index is -0.896. The number of carbonyl (C=O) groups is 1. The van der Waals surface area contributed by atoms with Gasteiger partial charge in [0.1, 0.15) is 5.01 Å². The molecule has 124 valence electrons. The molecular weight excluding hydrogens is 356 g/mol. The number of fused-ring (bicyclic) bond motifs is 1. The van der Waals surface area contributed by atoms with Crippen molar-refractivity contribution < 1.29 is 14.3 Å². The third-order valence-corrected chi connectivity index (χ3v) is 5.47. The summed E-state index contributed by atoms with van der Waals surface area (Å²) < 4.78 is 6.38. The van der Waals surface area contributed by atoms with Gasteiger partial charge in [-0.1, -0.05) is 12.1 Å². The average molecular weight is 368 g/mol. The number of hydrogen-bond acceptors (Lipinski definition) is 6. The molecule has 0 aliphatic heterocycles. The van der Waals surface area contributed by atoms with Crippen molar-refractivity contribution >= 4 is 50.5 Å². The van der Waals surface area contributed by atoms with E-state index in [9.17, 15) is 9.90 Å². The molecule has 0 atom stereocenters. The van der Waals surface area contributed by atoms with Crippen LogP contribution in [0.1, 0.15) is 17.1 Å². The van der Waals surface area contributed by atoms with E-state index in [1.54, 1.807) is 12.3 Å². The zero-order chi connectivity index (χ0) is 17.2. The molecule has 0 spiro atoms. The first kappa shape index (κ1) is 15.7. The molecule has 0 fully saturated rings. The van der Waals surface area contributed by atoms with E-state index in [0.29, 0.717) is 22.0 Å². The van der Waals surface area contributed by atoms with Crippen LogP contribution in [0.3, 0.4) is 0 Å². The Morgan fingerprint density at radius 1 is 1.20 bits per heavy atom. The number of furan rings is 1. The van der Waals surface area contributed by atoms with E-state index in [4.69, 9.17) is 4.42 Å². The number of hydrogen-bond donors (Lipinski definition) is 1. The number of rotatable bonds is 5. The lowest BCUT2D eigenvalue weighted by Gasteiger charge is -1.99. The Hall–Kier alpha value is -2.77. The van der Waals surface area contributed by atoms with Gasteiger partial charge in [0, 0.05) is 11.0 Å². The van der Waals surface area contributed by atoms with Gasteiger partial charge in [0.25, 0.3) is 0 Å². The highest BCUT2D eigenvalue weighted by atomic mass is 32.1. The monoisotopic (exact) mass is 368 g/mol. The molecule has 0 bridgehead atoms. The van der Waals surface area contributed by atoms with Crippen LogP contribution in [-0.2, 0) is 4.79 Å². The van der Waals surface area contributed by atoms with Gasteiger partial charge in [-0.2, -0.15) is 0 Å². The molecule has 0 saturated heterocycles. The van der Waals surface area contributed by atoms with Gasteiger partial charge in [0.15, 0.2) is 10.8 Å². The van der Waals surface area contributed by atoms with Gasteiger partial charge in [-0.05, 0) is 30.3 Å². The van der Waals surface area contributed by atoms with E-state index in [-0.39, 0.29) is 6.42 Å². The van der Waals surface area contributed by atoms with Crippen LogP contribution in [-0.4, -0.2) is 21.0 Å². The Bertz CT molecular complexity index is 1030. The molecule has 0 saturated carbocycles. The summed E-state index contributed by atoms with van der Waals surface area (Å²) in [6.45, 7) is 0. The lowest BCUT2D eigenvalue weighted by molar-refractivity contribution is -0.135. The molecule has 4 aromatic rings. The van der Waals surface area contributed by atoms with Crippen LogP contribution in [0.2, 0.25) is 0 Å². The summed E-state index contributed by atoms with van der Waals surface area (Å²) in [7, 11) is 0. The van der Waals surface area contributed by atoms with Crippen molar-refractivity contribution in [3.8, 4) is 10.8 Å². The number of benzene rings is 1. The fourth-order valence-corrected chi connectivity index (χ4v) is 4.13. The van der Waals surface area contributed by atoms with Crippen LogP contribution in [0.5, 0.6) is 0 Å². The van der Waals surface area contributed by atoms with E-state index in [2.05, 4.69) is 9.97 Å². The highest BCUT2D eigenvalue weighted by Gasteiger charge is 2.14. The molecule has 25 heavy (non-hydrogen) atoms. The lowest BCUT2D eigenvalue weighted by Crippen LogP contribution is -1.97. The maximum absolute atomic E-state index is 11.3. The largest absolute Gasteiger partial charge is 0.481 e. The molecule has 5 nitrogen and oxygen atoms in total. The van der Waals surface area contributed by atoms with Gasteiger partial charge in [-0.25, -0.2) is 9.97 Å². The first-order valence-electron chi connectivity index (χ1n) is 7.47. The summed E-state index contributed by atoms with van der Waals surface area (Å²) in [6, 6.07) is 11.4. The standard InChI is InChI=1S/C18H12N2O3S2/c21-16(22)9-11(17-20-13-4-1-2-6-15(13)25-17)8-12-10-24-18(19-12)14-5-3-7-23-14/h1-8,10H,9H2,(H,21,22)/b11-8-. The smallest absolute Gasteiger partial charge is 0.307 e. The van der Waals surface area contributed by atoms with Crippen LogP contribution in [0.15, 0.2) is 52.5 Å². The van der Waals surface area contributed by atoms with Crippen LogP contribution in [0.25, 0.3) is 32.6 Å². The van der Waals surface area contributed by atoms with Crippen LogP contribution >= 0.6 is 22.7 Å². The fourth-order valence-electron chi connectivity index (χ4n) is 2.41. The number of carboxylic acids is 1. The van der Waals surface area contributed by atoms with E-state index in [1.807, 2.05) is 41.8 Å². The summed E-state index contributed by atoms with van der Waals surface area (Å²) in [5.74, 6) is -0.198. The summed E-state index contributed by atoms with van der Waals surface area (Å²) >= 11 is 2.94. The SMILES string of the molecule is O=C(O)C/C(=C/c1csc(-c2ccco2)n1)c1nc2ccccc2s1. The summed E-state index contributed by atoms with van der Waals surface area (Å²) in [4.78, 5) is 20.4. The third-order valence-electron chi connectivity index (χ3n) is 3.49. The maximum atomic E-state index is 11.3. The molecule has 1 aromatic carbocycles. The molecule has 7 heteroatoms. The van der Waals surface area contributed by atoms with Crippen LogP contribution < -0.4 is 0 Å². The number of nitrogens with zero attached hydrogens (tertiary/aromatic N) is 2. The number of aliphatic carboxylic acids is 1. The molecule has 0 aliphatic rings. The second kappa shape index (κ2) is 6.62. The zero-order valence-corrected chi connectivity index (χ0v) is 14.5. The van der Waals surface area contributed by atoms with Crippen molar-refractivity contribution in [1.29, 1.82) is 0 Å². The minimum Gasteiger partial charge on any atom is -0.481 e. The first-order valence-corrected chi connectivity index (χ1v) is 9.16. The van der Waals surface area contributed by atoms with Crippen molar-refractivity contribution in [2.45, 2.75) is 6.42 Å². The topological polar surface area (TPSA) is 76.2 Å². The van der Waals surface area contributed by atoms with E-state index in [1.165, 1.54) is 22.7 Å². The second-order valence-electron chi connectivity index (χ2n) is 5.28. The Morgan fingerprint density at radius 3 is 2.84 bits per heavy atom. The molecule has 0 radical (unpaired) electrons. The summed E-state index contributed by atoms with van der Waals surface area (Å²) in [5, 5.41) is 12.6. The number of aromatic nitrogens is 2. The maximum Gasteiger partial charge on any atom is 0.307 e. The highest BCUT2D eigenvalue weighted by Crippen LogP contribution is 2.31. The molecule has 0 unspecified atom stereocenters. The van der Waals surface area contributed by atoms with Crippen molar-refractivity contribution in [1.82, 2.24) is 9.97 Å². The Kier molecular flexibility index (Phi) is 4.17. The predicted molar refractivity (Wildman–Crippen MR) is 99.6 cm³/mol. The van der Waals surface area contributed by atoms with Crippen molar-refractivity contribution in [2.75, 3.05) is 0 Å². The van der Waals surface area contributed by atoms with E-state index in [0.717, 1.165) is 15.2 Å². The molecule has 4 rings (SSSR count). The lowest BCUT2D eigenvalue weighted by atomic mass is 10.1. The molecule has 0 amide bonds. The van der Waals surface area contributed by atoms with Gasteiger partial charge in [-0.15, -0.1) is 22.7 Å². The average Bonchev–Trinajstić information content (AvgIpc) is 3.33. The summed E-state index contributed by atoms with van der Waals surface area (Å²) in [5.41, 5.74) is 2.21. The Morgan fingerprint density at radius 2 is 2.08 bits per heavy atom. The minimum absolute atomic E-state index is 0.104. The van der Waals surface area contributed by atoms with E-state index >= 15 is 0 Å². The van der Waals surface area contributed by atoms with Crippen molar-refractivity contribution in [3.63, 3.8) is 0 Å². The first-order chi connectivity index (χ1) is 12.2. The molecule has 0 aliphatic carbocycles. The molecule has 3 aromatic heterocycles. The summed E-state index contributed by atoms with van der Waals surface area (Å²) in [6.07, 6.45) is 3.28. The van der Waals surface area contributed by atoms with Gasteiger partial charge in [-0.3, -0.25) is 4.79 Å². The van der Waals surface area contributed by atoms with Crippen molar-refractivity contribution in [2.24, 2.45) is 0 Å². The van der Waals surface area contributed by atoms with Crippen molar-refractivity contribution in [3.05, 3.63) is 58.7 Å². The number of carboxylic acid groups (broad SMARTS) is 1. The third kappa shape index (κ3) is 3.38. The van der Waals surface area contributed by atoms with Gasteiger partial charge in [0.2, 0.25) is 0 Å². The second-order valence-corrected chi connectivity index (χ2v) is 7.17. The molecule has 1 N–H and O–H groups in total. The van der Waals surface area contributed by atoms with Gasteiger partial charge < -0.3 is 9.52 Å². The molecular formula is C18H12N2O3S2. The van der Waals surface area contributed by atoms with Crippen LogP contribution in [0, 0.1) is 0 Å². The van der Waals surface area contributed by atoms with Gasteiger partial charge in [0.05, 0.1) is 28.6 Å². The van der Waals surface area contributed by atoms with Gasteiger partial charge >= 0.3 is 5.97 Å². The normalized spacial score (nSPS) is 11.9. The van der Waals surface area contributed by atoms with Crippen LogP contribution in [0.4, 0.5) is 0 Å². The van der Waals surface area contributed by atoms with E-state index < -0.39 is 5.97 Å². The Balaban J connectivity index is 1.73. The quantitative estimate of drug-likeness (QED) is 0.535. The number of thiazole rings is 2. The predicted octanol–water partition coefficient (Wildman–Crippen LogP) is 5.03. The highest BCUT2D eigenvalue weighted by molar-refractivity contribution is 7.19. The Labute approximate surface area is 150 Å². The number of para-hydroxylation sites is 1. The molecule has 3 heterocycles.